The van der Waals surface area contributed by atoms with Crippen LogP contribution >= 0.6 is 11.8 Å². The molecule has 2 rings (SSSR count). The summed E-state index contributed by atoms with van der Waals surface area (Å²) in [6.45, 7) is 7.58. The Hall–Kier alpha value is -0.460. The fourth-order valence-electron chi connectivity index (χ4n) is 2.88. The molecule has 1 atom stereocenters. The third-order valence-electron chi connectivity index (χ3n) is 4.01. The Balaban J connectivity index is 1.67. The molecule has 6 heteroatoms. The van der Waals surface area contributed by atoms with Crippen molar-refractivity contribution in [3.63, 3.8) is 0 Å². The van der Waals surface area contributed by atoms with Crippen LogP contribution in [0.4, 0.5) is 0 Å². The first kappa shape index (κ1) is 15.9. The number of nitrogens with one attached hydrogen (secondary N) is 1. The van der Waals surface area contributed by atoms with Crippen molar-refractivity contribution in [1.82, 2.24) is 15.1 Å². The van der Waals surface area contributed by atoms with Crippen molar-refractivity contribution in [2.45, 2.75) is 6.42 Å². The third-order valence-corrected chi connectivity index (χ3v) is 4.96. The first-order valence-corrected chi connectivity index (χ1v) is 8.73. The van der Waals surface area contributed by atoms with Gasteiger partial charge in [-0.05, 0) is 6.42 Å². The molecule has 2 aliphatic heterocycles. The first-order chi connectivity index (χ1) is 9.83. The van der Waals surface area contributed by atoms with Crippen molar-refractivity contribution in [3.05, 3.63) is 0 Å². The van der Waals surface area contributed by atoms with Crippen molar-refractivity contribution in [2.75, 3.05) is 71.5 Å². The van der Waals surface area contributed by atoms with Crippen molar-refractivity contribution >= 4 is 17.7 Å². The standard InChI is InChI=1S/C14H28N4OS/c1-15-14(18-5-3-13(11-18)12-19-2)16-4-6-17-7-9-20-10-8-17/h13H,3-12H2,1-2H3,(H,15,16). The van der Waals surface area contributed by atoms with E-state index < -0.39 is 0 Å². The highest BCUT2D eigenvalue weighted by Gasteiger charge is 2.24. The minimum Gasteiger partial charge on any atom is -0.384 e. The van der Waals surface area contributed by atoms with E-state index in [4.69, 9.17) is 4.74 Å². The molecule has 20 heavy (non-hydrogen) atoms. The van der Waals surface area contributed by atoms with E-state index >= 15 is 0 Å². The molecule has 0 aromatic heterocycles. The smallest absolute Gasteiger partial charge is 0.193 e. The lowest BCUT2D eigenvalue weighted by Gasteiger charge is -2.27. The van der Waals surface area contributed by atoms with Gasteiger partial charge < -0.3 is 15.0 Å². The predicted molar refractivity (Wildman–Crippen MR) is 86.7 cm³/mol. The molecule has 1 N–H and O–H groups in total. The normalized spacial score (nSPS) is 25.2. The molecule has 0 saturated carbocycles. The largest absolute Gasteiger partial charge is 0.384 e. The number of thioether (sulfide) groups is 1. The van der Waals surface area contributed by atoms with Crippen LogP contribution in [0, 0.1) is 5.92 Å². The number of aliphatic imine (C=N–C) groups is 1. The monoisotopic (exact) mass is 300 g/mol. The second-order valence-corrected chi connectivity index (χ2v) is 6.71. The zero-order chi connectivity index (χ0) is 14.2. The van der Waals surface area contributed by atoms with Crippen molar-refractivity contribution in [3.8, 4) is 0 Å². The van der Waals surface area contributed by atoms with Gasteiger partial charge in [0.1, 0.15) is 0 Å². The van der Waals surface area contributed by atoms with Crippen molar-refractivity contribution in [1.29, 1.82) is 0 Å². The topological polar surface area (TPSA) is 40.1 Å². The van der Waals surface area contributed by atoms with Gasteiger partial charge in [-0.1, -0.05) is 0 Å². The molecule has 0 aromatic carbocycles. The van der Waals surface area contributed by atoms with Crippen LogP contribution in [0.5, 0.6) is 0 Å². The second kappa shape index (κ2) is 8.74. The number of hydrogen-bond acceptors (Lipinski definition) is 4. The van der Waals surface area contributed by atoms with Crippen LogP contribution in [-0.2, 0) is 4.74 Å². The van der Waals surface area contributed by atoms with Crippen LogP contribution in [0.25, 0.3) is 0 Å². The van der Waals surface area contributed by atoms with Crippen LogP contribution in [0.1, 0.15) is 6.42 Å². The fraction of sp³-hybridized carbons (Fsp3) is 0.929. The van der Waals surface area contributed by atoms with Crippen LogP contribution in [0.3, 0.4) is 0 Å². The summed E-state index contributed by atoms with van der Waals surface area (Å²) in [6, 6.07) is 0. The SMILES string of the molecule is CN=C(NCCN1CCSCC1)N1CCC(COC)C1. The Morgan fingerprint density at radius 3 is 2.85 bits per heavy atom. The molecule has 2 heterocycles. The van der Waals surface area contributed by atoms with Gasteiger partial charge in [0.2, 0.25) is 0 Å². The zero-order valence-electron chi connectivity index (χ0n) is 12.8. The Morgan fingerprint density at radius 1 is 1.35 bits per heavy atom. The highest BCUT2D eigenvalue weighted by atomic mass is 32.2. The third kappa shape index (κ3) is 4.82. The molecule has 0 aliphatic carbocycles. The lowest BCUT2D eigenvalue weighted by atomic mass is 10.1. The molecule has 1 unspecified atom stereocenters. The maximum atomic E-state index is 5.25. The summed E-state index contributed by atoms with van der Waals surface area (Å²) in [5.41, 5.74) is 0. The highest BCUT2D eigenvalue weighted by molar-refractivity contribution is 7.99. The van der Waals surface area contributed by atoms with E-state index in [-0.39, 0.29) is 0 Å². The van der Waals surface area contributed by atoms with Gasteiger partial charge >= 0.3 is 0 Å². The van der Waals surface area contributed by atoms with E-state index in [1.54, 1.807) is 7.11 Å². The number of rotatable bonds is 5. The van der Waals surface area contributed by atoms with Crippen LogP contribution in [-0.4, -0.2) is 87.3 Å². The average Bonchev–Trinajstić information content (AvgIpc) is 2.94. The van der Waals surface area contributed by atoms with Crippen molar-refractivity contribution < 1.29 is 4.74 Å². The molecule has 2 fully saturated rings. The molecular formula is C14H28N4OS. The summed E-state index contributed by atoms with van der Waals surface area (Å²) in [7, 11) is 3.66. The molecule has 2 aliphatic rings. The Kier molecular flexibility index (Phi) is 6.96. The molecular weight excluding hydrogens is 272 g/mol. The quantitative estimate of drug-likeness (QED) is 0.594. The highest BCUT2D eigenvalue weighted by Crippen LogP contribution is 2.16. The van der Waals surface area contributed by atoms with E-state index in [0.717, 1.165) is 38.7 Å². The van der Waals surface area contributed by atoms with Gasteiger partial charge in [0.05, 0.1) is 6.61 Å². The van der Waals surface area contributed by atoms with E-state index in [2.05, 4.69) is 31.9 Å². The van der Waals surface area contributed by atoms with Gasteiger partial charge in [-0.3, -0.25) is 9.89 Å². The Labute approximate surface area is 127 Å². The predicted octanol–water partition coefficient (Wildman–Crippen LogP) is 0.579. The van der Waals surface area contributed by atoms with Gasteiger partial charge in [-0.15, -0.1) is 0 Å². The molecule has 5 nitrogen and oxygen atoms in total. The van der Waals surface area contributed by atoms with Gasteiger partial charge in [-0.25, -0.2) is 0 Å². The first-order valence-electron chi connectivity index (χ1n) is 7.58. The molecule has 2 saturated heterocycles. The van der Waals surface area contributed by atoms with Crippen molar-refractivity contribution in [2.24, 2.45) is 10.9 Å². The maximum absolute atomic E-state index is 5.25. The summed E-state index contributed by atoms with van der Waals surface area (Å²) in [5, 5.41) is 3.51. The summed E-state index contributed by atoms with van der Waals surface area (Å²) in [6.07, 6.45) is 1.21. The maximum Gasteiger partial charge on any atom is 0.193 e. The van der Waals surface area contributed by atoms with E-state index in [1.807, 2.05) is 7.05 Å². The Morgan fingerprint density at radius 2 is 2.15 bits per heavy atom. The summed E-state index contributed by atoms with van der Waals surface area (Å²) in [4.78, 5) is 9.31. The number of guanidine groups is 1. The van der Waals surface area contributed by atoms with Gasteiger partial charge in [0.15, 0.2) is 5.96 Å². The fourth-order valence-corrected chi connectivity index (χ4v) is 3.86. The van der Waals surface area contributed by atoms with E-state index in [9.17, 15) is 0 Å². The summed E-state index contributed by atoms with van der Waals surface area (Å²) >= 11 is 2.06. The van der Waals surface area contributed by atoms with Gasteiger partial charge in [0.25, 0.3) is 0 Å². The van der Waals surface area contributed by atoms with Crippen LogP contribution < -0.4 is 5.32 Å². The Bertz CT molecular complexity index is 308. The molecule has 0 radical (unpaired) electrons. The molecule has 0 bridgehead atoms. The molecule has 0 aromatic rings. The summed E-state index contributed by atoms with van der Waals surface area (Å²) < 4.78 is 5.25. The van der Waals surface area contributed by atoms with Crippen LogP contribution in [0.15, 0.2) is 4.99 Å². The van der Waals surface area contributed by atoms with Gasteiger partial charge in [-0.2, -0.15) is 11.8 Å². The lowest BCUT2D eigenvalue weighted by Crippen LogP contribution is -2.44. The van der Waals surface area contributed by atoms with Crippen LogP contribution in [0.2, 0.25) is 0 Å². The number of ether oxygens (including phenoxy) is 1. The lowest BCUT2D eigenvalue weighted by molar-refractivity contribution is 0.157. The molecule has 0 amide bonds. The second-order valence-electron chi connectivity index (χ2n) is 5.48. The number of hydrogen-bond donors (Lipinski definition) is 1. The zero-order valence-corrected chi connectivity index (χ0v) is 13.6. The number of methoxy groups -OCH3 is 1. The minimum absolute atomic E-state index is 0.651. The summed E-state index contributed by atoms with van der Waals surface area (Å²) in [5.74, 6) is 4.26. The van der Waals surface area contributed by atoms with E-state index in [0.29, 0.717) is 5.92 Å². The minimum atomic E-state index is 0.651. The number of likely N-dealkylation sites (tertiary alicyclic amines) is 1. The average molecular weight is 300 g/mol. The van der Waals surface area contributed by atoms with E-state index in [1.165, 1.54) is 31.0 Å². The molecule has 0 spiro atoms. The number of nitrogens with zero attached hydrogens (tertiary/aromatic N) is 3. The van der Waals surface area contributed by atoms with Gasteiger partial charge in [0, 0.05) is 70.8 Å². The molecule has 116 valence electrons.